The molecular formula is C20H27ClN2O2S. The summed E-state index contributed by atoms with van der Waals surface area (Å²) in [6.07, 6.45) is 1.05. The van der Waals surface area contributed by atoms with E-state index in [1.54, 1.807) is 4.31 Å². The lowest BCUT2D eigenvalue weighted by atomic mass is 10.1. The van der Waals surface area contributed by atoms with Gasteiger partial charge in [0.05, 0.1) is 5.75 Å². The lowest BCUT2D eigenvalue weighted by molar-refractivity contribution is 0.181. The zero-order chi connectivity index (χ0) is 17.7. The maximum atomic E-state index is 12.6. The minimum absolute atomic E-state index is 0. The largest absolute Gasteiger partial charge is 0.296 e. The second-order valence-corrected chi connectivity index (χ2v) is 8.56. The van der Waals surface area contributed by atoms with Crippen molar-refractivity contribution in [1.29, 1.82) is 0 Å². The van der Waals surface area contributed by atoms with Gasteiger partial charge in [0.2, 0.25) is 10.0 Å². The predicted molar refractivity (Wildman–Crippen MR) is 109 cm³/mol. The van der Waals surface area contributed by atoms with Gasteiger partial charge in [-0.2, -0.15) is 4.31 Å². The number of rotatable bonds is 6. The highest BCUT2D eigenvalue weighted by molar-refractivity contribution is 7.88. The average Bonchev–Trinajstić information content (AvgIpc) is 2.63. The van der Waals surface area contributed by atoms with Crippen LogP contribution in [-0.2, 0) is 28.7 Å². The summed E-state index contributed by atoms with van der Waals surface area (Å²) in [5.41, 5.74) is 3.49. The van der Waals surface area contributed by atoms with Gasteiger partial charge in [-0.15, -0.1) is 12.4 Å². The number of nitrogens with zero attached hydrogens (tertiary/aromatic N) is 2. The first-order chi connectivity index (χ1) is 12.1. The third-order valence-corrected chi connectivity index (χ3v) is 6.60. The second kappa shape index (κ2) is 9.51. The molecule has 0 spiro atoms. The highest BCUT2D eigenvalue weighted by Crippen LogP contribution is 2.15. The Morgan fingerprint density at radius 2 is 1.38 bits per heavy atom. The Kier molecular flexibility index (Phi) is 7.65. The van der Waals surface area contributed by atoms with E-state index in [1.807, 2.05) is 30.3 Å². The SMILES string of the molecule is CCc1ccc(CN2CCN(S(=O)(=O)Cc3ccccc3)CC2)cc1.Cl. The number of aryl methyl sites for hydroxylation is 1. The lowest BCUT2D eigenvalue weighted by Crippen LogP contribution is -2.48. The van der Waals surface area contributed by atoms with E-state index < -0.39 is 10.0 Å². The van der Waals surface area contributed by atoms with Crippen molar-refractivity contribution in [2.24, 2.45) is 0 Å². The van der Waals surface area contributed by atoms with Crippen LogP contribution in [0.3, 0.4) is 0 Å². The molecule has 0 saturated carbocycles. The zero-order valence-electron chi connectivity index (χ0n) is 15.2. The van der Waals surface area contributed by atoms with Gasteiger partial charge >= 0.3 is 0 Å². The molecule has 142 valence electrons. The zero-order valence-corrected chi connectivity index (χ0v) is 16.8. The molecule has 0 unspecified atom stereocenters. The summed E-state index contributed by atoms with van der Waals surface area (Å²) in [6, 6.07) is 18.1. The van der Waals surface area contributed by atoms with Gasteiger partial charge in [-0.05, 0) is 23.1 Å². The van der Waals surface area contributed by atoms with E-state index in [4.69, 9.17) is 0 Å². The molecule has 6 heteroatoms. The fourth-order valence-corrected chi connectivity index (χ4v) is 4.70. The van der Waals surface area contributed by atoms with Crippen LogP contribution < -0.4 is 0 Å². The van der Waals surface area contributed by atoms with E-state index in [0.717, 1.165) is 31.6 Å². The topological polar surface area (TPSA) is 40.6 Å². The lowest BCUT2D eigenvalue weighted by Gasteiger charge is -2.34. The monoisotopic (exact) mass is 394 g/mol. The number of halogens is 1. The number of sulfonamides is 1. The summed E-state index contributed by atoms with van der Waals surface area (Å²) in [5.74, 6) is 0.0896. The van der Waals surface area contributed by atoms with Gasteiger partial charge in [-0.3, -0.25) is 4.90 Å². The summed E-state index contributed by atoms with van der Waals surface area (Å²) in [4.78, 5) is 2.33. The predicted octanol–water partition coefficient (Wildman–Crippen LogP) is 3.32. The molecule has 1 aliphatic heterocycles. The van der Waals surface area contributed by atoms with Crippen LogP contribution in [0.5, 0.6) is 0 Å². The van der Waals surface area contributed by atoms with E-state index in [0.29, 0.717) is 13.1 Å². The molecule has 1 fully saturated rings. The van der Waals surface area contributed by atoms with Gasteiger partial charge < -0.3 is 0 Å². The average molecular weight is 395 g/mol. The van der Waals surface area contributed by atoms with Crippen LogP contribution in [-0.4, -0.2) is 43.8 Å². The third-order valence-electron chi connectivity index (χ3n) is 4.75. The summed E-state index contributed by atoms with van der Waals surface area (Å²) in [7, 11) is -3.24. The molecule has 0 bridgehead atoms. The van der Waals surface area contributed by atoms with Crippen LogP contribution in [0.15, 0.2) is 54.6 Å². The Labute approximate surface area is 163 Å². The molecule has 2 aromatic carbocycles. The number of piperazine rings is 1. The smallest absolute Gasteiger partial charge is 0.218 e. The van der Waals surface area contributed by atoms with E-state index in [-0.39, 0.29) is 18.2 Å². The quantitative estimate of drug-likeness (QED) is 0.754. The fourth-order valence-electron chi connectivity index (χ4n) is 3.18. The molecular weight excluding hydrogens is 368 g/mol. The molecule has 1 heterocycles. The van der Waals surface area contributed by atoms with Gasteiger partial charge in [0.25, 0.3) is 0 Å². The Morgan fingerprint density at radius 1 is 0.808 bits per heavy atom. The van der Waals surface area contributed by atoms with Gasteiger partial charge in [0.1, 0.15) is 0 Å². The minimum atomic E-state index is -3.24. The second-order valence-electron chi connectivity index (χ2n) is 6.59. The van der Waals surface area contributed by atoms with Crippen molar-refractivity contribution >= 4 is 22.4 Å². The normalized spacial score (nSPS) is 16.2. The third kappa shape index (κ3) is 5.55. The van der Waals surface area contributed by atoms with Crippen LogP contribution in [0.1, 0.15) is 23.6 Å². The van der Waals surface area contributed by atoms with Crippen molar-refractivity contribution in [3.63, 3.8) is 0 Å². The Balaban J connectivity index is 0.00000243. The first-order valence-corrected chi connectivity index (χ1v) is 10.5. The first kappa shape index (κ1) is 20.9. The molecule has 0 N–H and O–H groups in total. The van der Waals surface area contributed by atoms with Gasteiger partial charge in [0, 0.05) is 32.7 Å². The summed E-state index contributed by atoms with van der Waals surface area (Å²) in [5, 5.41) is 0. The van der Waals surface area contributed by atoms with Gasteiger partial charge in [-0.1, -0.05) is 61.5 Å². The number of hydrogen-bond acceptors (Lipinski definition) is 3. The summed E-state index contributed by atoms with van der Waals surface area (Å²) >= 11 is 0. The minimum Gasteiger partial charge on any atom is -0.296 e. The van der Waals surface area contributed by atoms with Crippen molar-refractivity contribution in [3.8, 4) is 0 Å². The number of benzene rings is 2. The summed E-state index contributed by atoms with van der Waals surface area (Å²) < 4.78 is 26.8. The molecule has 0 aliphatic carbocycles. The molecule has 4 nitrogen and oxygen atoms in total. The Bertz CT molecular complexity index is 771. The van der Waals surface area contributed by atoms with Crippen LogP contribution in [0, 0.1) is 0 Å². The molecule has 0 atom stereocenters. The van der Waals surface area contributed by atoms with Crippen molar-refractivity contribution < 1.29 is 8.42 Å². The van der Waals surface area contributed by atoms with Crippen LogP contribution in [0.25, 0.3) is 0 Å². The van der Waals surface area contributed by atoms with E-state index in [1.165, 1.54) is 11.1 Å². The number of hydrogen-bond donors (Lipinski definition) is 0. The molecule has 0 amide bonds. The van der Waals surface area contributed by atoms with Crippen LogP contribution in [0.4, 0.5) is 0 Å². The van der Waals surface area contributed by atoms with Crippen molar-refractivity contribution in [1.82, 2.24) is 9.21 Å². The van der Waals surface area contributed by atoms with Gasteiger partial charge in [-0.25, -0.2) is 8.42 Å². The maximum absolute atomic E-state index is 12.6. The maximum Gasteiger partial charge on any atom is 0.218 e. The highest BCUT2D eigenvalue weighted by Gasteiger charge is 2.26. The van der Waals surface area contributed by atoms with Crippen LogP contribution >= 0.6 is 12.4 Å². The molecule has 26 heavy (non-hydrogen) atoms. The Morgan fingerprint density at radius 3 is 1.96 bits per heavy atom. The van der Waals surface area contributed by atoms with Crippen molar-refractivity contribution in [2.45, 2.75) is 25.6 Å². The fraction of sp³-hybridized carbons (Fsp3) is 0.400. The van der Waals surface area contributed by atoms with Crippen LogP contribution in [0.2, 0.25) is 0 Å². The molecule has 1 aliphatic rings. The molecule has 1 saturated heterocycles. The summed E-state index contributed by atoms with van der Waals surface area (Å²) in [6.45, 7) is 5.75. The van der Waals surface area contributed by atoms with Crippen molar-refractivity contribution in [2.75, 3.05) is 26.2 Å². The van der Waals surface area contributed by atoms with E-state index in [9.17, 15) is 8.42 Å². The van der Waals surface area contributed by atoms with E-state index >= 15 is 0 Å². The molecule has 2 aromatic rings. The van der Waals surface area contributed by atoms with Crippen molar-refractivity contribution in [3.05, 3.63) is 71.3 Å². The molecule has 0 aromatic heterocycles. The first-order valence-electron chi connectivity index (χ1n) is 8.89. The standard InChI is InChI=1S/C20H26N2O2S.ClH/c1-2-18-8-10-19(11-9-18)16-21-12-14-22(15-13-21)25(23,24)17-20-6-4-3-5-7-20;/h3-11H,2,12-17H2,1H3;1H. The molecule has 3 rings (SSSR count). The Hall–Kier alpha value is -1.40. The van der Waals surface area contributed by atoms with Gasteiger partial charge in [0.15, 0.2) is 0 Å². The molecule has 0 radical (unpaired) electrons. The van der Waals surface area contributed by atoms with E-state index in [2.05, 4.69) is 36.1 Å². The highest BCUT2D eigenvalue weighted by atomic mass is 35.5.